The molecule has 1 aromatic carbocycles. The lowest BCUT2D eigenvalue weighted by molar-refractivity contribution is -0.316. The predicted molar refractivity (Wildman–Crippen MR) is 270 cm³/mol. The van der Waals surface area contributed by atoms with Crippen molar-refractivity contribution in [3.05, 3.63) is 51.5 Å². The molecule has 10 rings (SSSR count). The maximum absolute atomic E-state index is 15.6. The Balaban J connectivity index is 0.832. The number of ketones is 5. The van der Waals surface area contributed by atoms with Gasteiger partial charge in [0.05, 0.1) is 91.5 Å². The Kier molecular flexibility index (Phi) is 17.4. The highest BCUT2D eigenvalue weighted by atomic mass is 16.8. The molecule has 436 valence electrons. The Labute approximate surface area is 458 Å². The quantitative estimate of drug-likeness (QED) is 0.174. The summed E-state index contributed by atoms with van der Waals surface area (Å²) in [4.78, 5) is 71.1. The molecule has 6 fully saturated rings. The van der Waals surface area contributed by atoms with E-state index in [2.05, 4.69) is 0 Å². The third-order valence-electron chi connectivity index (χ3n) is 17.4. The van der Waals surface area contributed by atoms with E-state index in [1.54, 1.807) is 20.8 Å². The van der Waals surface area contributed by atoms with Crippen molar-refractivity contribution in [2.45, 2.75) is 255 Å². The number of methoxy groups -OCH3 is 1. The second-order valence-corrected chi connectivity index (χ2v) is 22.7. The highest BCUT2D eigenvalue weighted by Gasteiger charge is 2.66. The Bertz CT molecular complexity index is 2560. The van der Waals surface area contributed by atoms with Crippen LogP contribution in [0, 0.1) is 5.92 Å². The number of aromatic hydroxyl groups is 1. The number of Topliss-reactive ketones (excluding diaryl/α,β-unsaturated/α-hetero) is 4. The predicted octanol–water partition coefficient (Wildman–Crippen LogP) is 5.19. The van der Waals surface area contributed by atoms with Crippen molar-refractivity contribution >= 4 is 28.9 Å². The summed E-state index contributed by atoms with van der Waals surface area (Å²) >= 11 is 0. The molecule has 3 aliphatic carbocycles. The van der Waals surface area contributed by atoms with Gasteiger partial charge in [0.2, 0.25) is 11.6 Å². The molecule has 0 saturated carbocycles. The van der Waals surface area contributed by atoms with Crippen LogP contribution in [0.5, 0.6) is 5.75 Å². The number of aliphatic hydroxyl groups is 3. The summed E-state index contributed by atoms with van der Waals surface area (Å²) in [7, 11) is 1.21. The van der Waals surface area contributed by atoms with Gasteiger partial charge in [-0.25, -0.2) is 0 Å². The van der Waals surface area contributed by atoms with Gasteiger partial charge in [0.15, 0.2) is 66.5 Å². The van der Waals surface area contributed by atoms with E-state index in [0.717, 1.165) is 19.4 Å². The number of benzene rings is 1. The number of aliphatic hydroxyl groups excluding tert-OH is 3. The maximum atomic E-state index is 15.6. The third kappa shape index (κ3) is 11.4. The van der Waals surface area contributed by atoms with Crippen LogP contribution in [-0.4, -0.2) is 179 Å². The van der Waals surface area contributed by atoms with Gasteiger partial charge >= 0.3 is 0 Å². The zero-order valence-corrected chi connectivity index (χ0v) is 46.0. The lowest BCUT2D eigenvalue weighted by Gasteiger charge is -2.51. The summed E-state index contributed by atoms with van der Waals surface area (Å²) in [6, 6.07) is 1.29. The van der Waals surface area contributed by atoms with Crippen LogP contribution in [0.2, 0.25) is 0 Å². The first-order chi connectivity index (χ1) is 37.6. The molecule has 6 aliphatic heterocycles. The Morgan fingerprint density at radius 3 is 1.42 bits per heavy atom. The molecule has 22 nitrogen and oxygen atoms in total. The molecule has 22 heteroatoms. The molecule has 0 radical (unpaired) electrons. The van der Waals surface area contributed by atoms with Crippen LogP contribution >= 0.6 is 0 Å². The lowest BCUT2D eigenvalue weighted by Crippen LogP contribution is -2.65. The van der Waals surface area contributed by atoms with Crippen LogP contribution in [0.25, 0.3) is 0 Å². The van der Waals surface area contributed by atoms with Gasteiger partial charge in [-0.05, 0) is 105 Å². The van der Waals surface area contributed by atoms with Gasteiger partial charge in [-0.1, -0.05) is 0 Å². The van der Waals surface area contributed by atoms with Crippen molar-refractivity contribution in [1.82, 2.24) is 0 Å². The number of phenolic OH excluding ortho intramolecular Hbond substituents is 1. The molecule has 6 saturated heterocycles. The molecule has 0 amide bonds. The molecule has 4 N–H and O–H groups in total. The number of allylic oxidation sites excluding steroid dienone is 2. The number of hydrogen-bond acceptors (Lipinski definition) is 22. The Morgan fingerprint density at radius 1 is 0.570 bits per heavy atom. The SMILES string of the molecule is COC1=CC(=O)c2c(cc3c(c2O)C(=O)[C@@]2(O[C@H]4CC[C@H](O[C@H]5CC[C@H](O)[C@@H](C)O5)[C@@H](C)O4)C(O)=C(C(C)=O)C(=O)[C@H](O[C@H]4CC[C@H](O[C@H]5CC[C@H](O[C@H]6CC[C@H](O[C@H]7CC[C@H](O)[C@H](C)O7)[C@H](C)O6)[C@H](C)O5)[C@@H](C)O4)[C@H]2C3)C1=O. The van der Waals surface area contributed by atoms with Gasteiger partial charge in [0, 0.05) is 56.1 Å². The second kappa shape index (κ2) is 23.6. The van der Waals surface area contributed by atoms with E-state index in [9.17, 15) is 39.6 Å². The standard InChI is InChI=1S/C57H76O22/c1-24(58)48-53(64)54(78-46-19-13-39(29(6)72-46)77-45-18-12-38(28(5)71-45)76-44-17-11-37(27(4)70-44)74-42-15-9-34(59)25(2)68-42)33-22-31-21-32-50(36(61)23-41(67-8)51(32)62)52(63)49(31)56(66)57(33,55(48)65)79-47-20-14-40(30(7)73-47)75-43-16-10-35(60)26(3)69-43/h21,23,25-30,33-35,37-40,42-47,54,59-60,63,65H,9-20,22H2,1-8H3/t25-,26+,27-,28-,29+,30+,33+,34-,35-,37-,38-,39-,40-,42-,43-,44-,45-,46-,47-,54+,57-/m0/s1. The minimum absolute atomic E-state index is 0.0467. The van der Waals surface area contributed by atoms with Crippen LogP contribution in [0.3, 0.4) is 0 Å². The van der Waals surface area contributed by atoms with Crippen molar-refractivity contribution in [1.29, 1.82) is 0 Å². The number of hydrogen-bond donors (Lipinski definition) is 4. The molecule has 1 aromatic rings. The van der Waals surface area contributed by atoms with E-state index in [0.29, 0.717) is 57.8 Å². The molecule has 21 atom stereocenters. The number of phenols is 1. The zero-order valence-electron chi connectivity index (χ0n) is 46.0. The minimum atomic E-state index is -2.63. The van der Waals surface area contributed by atoms with Crippen molar-refractivity contribution in [2.75, 3.05) is 7.11 Å². The molecular formula is C57H76O22. The summed E-state index contributed by atoms with van der Waals surface area (Å²) < 4.78 is 81.1. The van der Waals surface area contributed by atoms with Gasteiger partial charge in [-0.15, -0.1) is 0 Å². The third-order valence-corrected chi connectivity index (χ3v) is 17.4. The van der Waals surface area contributed by atoms with Crippen LogP contribution in [-0.2, 0) is 77.6 Å². The number of ether oxygens (including phenoxy) is 13. The van der Waals surface area contributed by atoms with Crippen molar-refractivity contribution < 1.29 is 106 Å². The van der Waals surface area contributed by atoms with E-state index in [1.807, 2.05) is 20.8 Å². The topological polar surface area (TPSA) is 286 Å². The normalized spacial score (nSPS) is 42.0. The maximum Gasteiger partial charge on any atom is 0.228 e. The fourth-order valence-corrected chi connectivity index (χ4v) is 12.8. The monoisotopic (exact) mass is 1110 g/mol. The van der Waals surface area contributed by atoms with Gasteiger partial charge in [-0.3, -0.25) is 24.0 Å². The van der Waals surface area contributed by atoms with Crippen molar-refractivity contribution in [3.63, 3.8) is 0 Å². The molecule has 0 bridgehead atoms. The van der Waals surface area contributed by atoms with Gasteiger partial charge < -0.3 is 82.0 Å². The molecule has 0 spiro atoms. The zero-order chi connectivity index (χ0) is 56.4. The first-order valence-electron chi connectivity index (χ1n) is 28.2. The van der Waals surface area contributed by atoms with Crippen LogP contribution in [0.4, 0.5) is 0 Å². The van der Waals surface area contributed by atoms with Crippen molar-refractivity contribution in [2.24, 2.45) is 5.92 Å². The molecular weight excluding hydrogens is 1040 g/mol. The largest absolute Gasteiger partial charge is 0.508 e. The second-order valence-electron chi connectivity index (χ2n) is 22.7. The molecule has 9 aliphatic rings. The summed E-state index contributed by atoms with van der Waals surface area (Å²) in [6.45, 7) is 12.1. The van der Waals surface area contributed by atoms with Crippen LogP contribution in [0.15, 0.2) is 29.2 Å². The van der Waals surface area contributed by atoms with E-state index >= 15 is 4.79 Å². The van der Waals surface area contributed by atoms with Crippen LogP contribution < -0.4 is 0 Å². The highest BCUT2D eigenvalue weighted by molar-refractivity contribution is 6.28. The van der Waals surface area contributed by atoms with E-state index in [1.165, 1.54) is 13.2 Å². The molecule has 0 unspecified atom stereocenters. The summed E-state index contributed by atoms with van der Waals surface area (Å²) in [6.07, 6.45) is -5.14. The number of carbonyl (C=O) groups is 5. The first kappa shape index (κ1) is 58.1. The molecule has 6 heterocycles. The number of fused-ring (bicyclic) bond motifs is 3. The number of rotatable bonds is 14. The van der Waals surface area contributed by atoms with E-state index < -0.39 is 155 Å². The Hall–Kier alpha value is -4.11. The average Bonchev–Trinajstić information content (AvgIpc) is 2.83. The fraction of sp³-hybridized carbons (Fsp3) is 0.737. The van der Waals surface area contributed by atoms with Gasteiger partial charge in [0.25, 0.3) is 0 Å². The van der Waals surface area contributed by atoms with Gasteiger partial charge in [-0.2, -0.15) is 0 Å². The molecule has 79 heavy (non-hydrogen) atoms. The van der Waals surface area contributed by atoms with E-state index in [-0.39, 0.29) is 66.7 Å². The first-order valence-corrected chi connectivity index (χ1v) is 28.2. The summed E-state index contributed by atoms with van der Waals surface area (Å²) in [5, 5.41) is 44.6. The van der Waals surface area contributed by atoms with E-state index in [4.69, 9.17) is 61.6 Å². The lowest BCUT2D eigenvalue weighted by atomic mass is 9.62. The average molecular weight is 1110 g/mol. The van der Waals surface area contributed by atoms with Gasteiger partial charge in [0.1, 0.15) is 23.2 Å². The highest BCUT2D eigenvalue weighted by Crippen LogP contribution is 2.52. The summed E-state index contributed by atoms with van der Waals surface area (Å²) in [5.74, 6) is -8.09. The number of carbonyl (C=O) groups excluding carboxylic acids is 5. The summed E-state index contributed by atoms with van der Waals surface area (Å²) in [5.41, 5.74) is -4.50. The molecule has 0 aromatic heterocycles. The van der Waals surface area contributed by atoms with Crippen LogP contribution in [0.1, 0.15) is 162 Å². The smallest absolute Gasteiger partial charge is 0.228 e. The van der Waals surface area contributed by atoms with Crippen molar-refractivity contribution in [3.8, 4) is 5.75 Å². The fourth-order valence-electron chi connectivity index (χ4n) is 12.8. The minimum Gasteiger partial charge on any atom is -0.508 e. The Morgan fingerprint density at radius 2 is 0.987 bits per heavy atom.